The maximum atomic E-state index is 5.75. The van der Waals surface area contributed by atoms with Gasteiger partial charge in [-0.25, -0.2) is 0 Å². The van der Waals surface area contributed by atoms with Gasteiger partial charge in [-0.2, -0.15) is 0 Å². The number of hydrogen-bond donors (Lipinski definition) is 2. The van der Waals surface area contributed by atoms with Crippen molar-refractivity contribution in [2.24, 2.45) is 4.99 Å². The van der Waals surface area contributed by atoms with Crippen LogP contribution in [0.15, 0.2) is 4.99 Å². The third-order valence-electron chi connectivity index (χ3n) is 4.85. The van der Waals surface area contributed by atoms with E-state index in [0.717, 1.165) is 58.1 Å². The monoisotopic (exact) mass is 342 g/mol. The number of nitrogens with one attached hydrogen (secondary N) is 2. The van der Waals surface area contributed by atoms with Gasteiger partial charge >= 0.3 is 0 Å². The fourth-order valence-corrected chi connectivity index (χ4v) is 3.24. The van der Waals surface area contributed by atoms with Crippen LogP contribution in [0.5, 0.6) is 0 Å². The lowest BCUT2D eigenvalue weighted by atomic mass is 9.94. The van der Waals surface area contributed by atoms with Crippen LogP contribution in [0.4, 0.5) is 0 Å². The highest BCUT2D eigenvalue weighted by molar-refractivity contribution is 5.79. The van der Waals surface area contributed by atoms with Crippen LogP contribution in [0.1, 0.15) is 47.0 Å². The molecule has 0 saturated carbocycles. The maximum absolute atomic E-state index is 5.75. The summed E-state index contributed by atoms with van der Waals surface area (Å²) < 4.78 is 11.2. The molecule has 0 aromatic carbocycles. The number of ether oxygens (including phenoxy) is 2. The van der Waals surface area contributed by atoms with Crippen LogP contribution in [0.25, 0.3) is 0 Å². The fourth-order valence-electron chi connectivity index (χ4n) is 3.24. The molecule has 0 aliphatic carbocycles. The zero-order valence-electron chi connectivity index (χ0n) is 16.5. The van der Waals surface area contributed by atoms with Crippen molar-refractivity contribution >= 4 is 5.96 Å². The summed E-state index contributed by atoms with van der Waals surface area (Å²) in [4.78, 5) is 6.83. The summed E-state index contributed by atoms with van der Waals surface area (Å²) in [5, 5.41) is 6.82. The lowest BCUT2D eigenvalue weighted by Crippen LogP contribution is -2.51. The van der Waals surface area contributed by atoms with Crippen LogP contribution in [-0.2, 0) is 9.47 Å². The summed E-state index contributed by atoms with van der Waals surface area (Å²) in [5.41, 5.74) is -0.137. The molecule has 0 radical (unpaired) electrons. The number of methoxy groups -OCH3 is 1. The molecule has 24 heavy (non-hydrogen) atoms. The first-order valence-electron chi connectivity index (χ1n) is 9.27. The fraction of sp³-hybridized carbons (Fsp3) is 0.944. The maximum Gasteiger partial charge on any atom is 0.191 e. The van der Waals surface area contributed by atoms with Crippen LogP contribution >= 0.6 is 0 Å². The highest BCUT2D eigenvalue weighted by Gasteiger charge is 2.32. The SMILES string of the molecule is CN=C(NCCCN(C(C)C)C(C)C)NCC1(OC)CCOCC1. The first kappa shape index (κ1) is 21.2. The molecule has 0 aromatic heterocycles. The zero-order chi connectivity index (χ0) is 18.0. The molecule has 0 unspecified atom stereocenters. The van der Waals surface area contributed by atoms with Gasteiger partial charge in [-0.1, -0.05) is 0 Å². The highest BCUT2D eigenvalue weighted by Crippen LogP contribution is 2.23. The van der Waals surface area contributed by atoms with E-state index in [0.29, 0.717) is 12.1 Å². The van der Waals surface area contributed by atoms with Crippen molar-refractivity contribution in [3.63, 3.8) is 0 Å². The molecule has 142 valence electrons. The van der Waals surface area contributed by atoms with Gasteiger partial charge in [0.05, 0.1) is 5.60 Å². The molecule has 1 aliphatic rings. The van der Waals surface area contributed by atoms with Crippen molar-refractivity contribution in [1.82, 2.24) is 15.5 Å². The van der Waals surface area contributed by atoms with E-state index in [1.54, 1.807) is 7.11 Å². The topological polar surface area (TPSA) is 58.1 Å². The average molecular weight is 343 g/mol. The van der Waals surface area contributed by atoms with Crippen LogP contribution in [0.3, 0.4) is 0 Å². The molecule has 2 N–H and O–H groups in total. The molecule has 1 saturated heterocycles. The van der Waals surface area contributed by atoms with Crippen LogP contribution < -0.4 is 10.6 Å². The van der Waals surface area contributed by atoms with Gasteiger partial charge in [-0.3, -0.25) is 9.89 Å². The summed E-state index contributed by atoms with van der Waals surface area (Å²) in [6.07, 6.45) is 2.94. The molecule has 1 rings (SSSR count). The molecule has 1 heterocycles. The van der Waals surface area contributed by atoms with Crippen molar-refractivity contribution in [2.75, 3.05) is 47.0 Å². The van der Waals surface area contributed by atoms with Crippen molar-refractivity contribution in [3.05, 3.63) is 0 Å². The third-order valence-corrected chi connectivity index (χ3v) is 4.85. The highest BCUT2D eigenvalue weighted by atomic mass is 16.5. The standard InChI is InChI=1S/C18H38N4O2/c1-15(2)22(16(3)4)11-7-10-20-17(19-5)21-14-18(23-6)8-12-24-13-9-18/h15-16H,7-14H2,1-6H3,(H2,19,20,21). The number of nitrogens with zero attached hydrogens (tertiary/aromatic N) is 2. The van der Waals surface area contributed by atoms with Gasteiger partial charge in [0.2, 0.25) is 0 Å². The Kier molecular flexibility index (Phi) is 9.63. The van der Waals surface area contributed by atoms with E-state index in [9.17, 15) is 0 Å². The summed E-state index contributed by atoms with van der Waals surface area (Å²) in [6.45, 7) is 13.3. The van der Waals surface area contributed by atoms with Gasteiger partial charge in [-0.05, 0) is 34.1 Å². The Morgan fingerprint density at radius 3 is 2.29 bits per heavy atom. The van der Waals surface area contributed by atoms with Crippen molar-refractivity contribution < 1.29 is 9.47 Å². The van der Waals surface area contributed by atoms with Crippen molar-refractivity contribution in [3.8, 4) is 0 Å². The predicted octanol–water partition coefficient (Wildman–Crippen LogP) is 1.86. The Labute approximate surface area is 148 Å². The van der Waals surface area contributed by atoms with Gasteiger partial charge in [-0.15, -0.1) is 0 Å². The van der Waals surface area contributed by atoms with Crippen molar-refractivity contribution in [2.45, 2.75) is 64.6 Å². The van der Waals surface area contributed by atoms with E-state index in [-0.39, 0.29) is 5.60 Å². The van der Waals surface area contributed by atoms with Crippen molar-refractivity contribution in [1.29, 1.82) is 0 Å². The number of aliphatic imine (C=N–C) groups is 1. The lowest BCUT2D eigenvalue weighted by Gasteiger charge is -2.36. The van der Waals surface area contributed by atoms with Gasteiger partial charge in [0.25, 0.3) is 0 Å². The first-order valence-corrected chi connectivity index (χ1v) is 9.27. The first-order chi connectivity index (χ1) is 11.4. The average Bonchev–Trinajstić information content (AvgIpc) is 2.57. The molecule has 0 atom stereocenters. The minimum Gasteiger partial charge on any atom is -0.381 e. The summed E-state index contributed by atoms with van der Waals surface area (Å²) in [7, 11) is 3.60. The molecule has 0 aromatic rings. The van der Waals surface area contributed by atoms with Gasteiger partial charge in [0.15, 0.2) is 5.96 Å². The van der Waals surface area contributed by atoms with E-state index in [1.165, 1.54) is 0 Å². The molecular weight excluding hydrogens is 304 g/mol. The molecule has 6 nitrogen and oxygen atoms in total. The summed E-state index contributed by atoms with van der Waals surface area (Å²) in [5.74, 6) is 0.846. The van der Waals surface area contributed by atoms with Gasteiger partial charge < -0.3 is 20.1 Å². The lowest BCUT2D eigenvalue weighted by molar-refractivity contribution is -0.0855. The molecule has 6 heteroatoms. The second-order valence-corrected chi connectivity index (χ2v) is 7.13. The molecular formula is C18H38N4O2. The molecule has 0 bridgehead atoms. The zero-order valence-corrected chi connectivity index (χ0v) is 16.5. The van der Waals surface area contributed by atoms with Crippen LogP contribution in [-0.4, -0.2) is 75.5 Å². The minimum absolute atomic E-state index is 0.137. The normalized spacial score (nSPS) is 18.5. The number of guanidine groups is 1. The van der Waals surface area contributed by atoms with E-state index in [4.69, 9.17) is 9.47 Å². The second kappa shape index (κ2) is 10.9. The Morgan fingerprint density at radius 2 is 1.79 bits per heavy atom. The number of hydrogen-bond acceptors (Lipinski definition) is 4. The molecule has 0 spiro atoms. The van der Waals surface area contributed by atoms with Gasteiger partial charge in [0, 0.05) is 71.9 Å². The number of rotatable bonds is 9. The third kappa shape index (κ3) is 6.95. The predicted molar refractivity (Wildman–Crippen MR) is 101 cm³/mol. The van der Waals surface area contributed by atoms with E-state index in [2.05, 4.69) is 48.2 Å². The smallest absolute Gasteiger partial charge is 0.191 e. The Hall–Kier alpha value is -0.850. The van der Waals surface area contributed by atoms with E-state index >= 15 is 0 Å². The summed E-state index contributed by atoms with van der Waals surface area (Å²) in [6, 6.07) is 1.16. The summed E-state index contributed by atoms with van der Waals surface area (Å²) >= 11 is 0. The molecule has 1 fully saturated rings. The largest absolute Gasteiger partial charge is 0.381 e. The molecule has 0 amide bonds. The Morgan fingerprint density at radius 1 is 1.17 bits per heavy atom. The molecule has 1 aliphatic heterocycles. The minimum atomic E-state index is -0.137. The van der Waals surface area contributed by atoms with Crippen LogP contribution in [0, 0.1) is 0 Å². The van der Waals surface area contributed by atoms with Crippen LogP contribution in [0.2, 0.25) is 0 Å². The van der Waals surface area contributed by atoms with E-state index in [1.807, 2.05) is 7.05 Å². The van der Waals surface area contributed by atoms with Gasteiger partial charge in [0.1, 0.15) is 0 Å². The second-order valence-electron chi connectivity index (χ2n) is 7.13. The Balaban J connectivity index is 2.32. The van der Waals surface area contributed by atoms with E-state index < -0.39 is 0 Å². The Bertz CT molecular complexity index is 358. The quantitative estimate of drug-likeness (QED) is 0.380.